The Balaban J connectivity index is 2.46. The van der Waals surface area contributed by atoms with Crippen LogP contribution in [0.3, 0.4) is 0 Å². The summed E-state index contributed by atoms with van der Waals surface area (Å²) in [6.45, 7) is 4.03. The SMILES string of the molecule is CC(CCCO)NC(=O)NC(C)c1ccccc1Br. The van der Waals surface area contributed by atoms with Gasteiger partial charge in [0, 0.05) is 17.1 Å². The molecule has 1 aromatic rings. The van der Waals surface area contributed by atoms with Crippen LogP contribution in [-0.2, 0) is 0 Å². The molecule has 2 amide bonds. The molecular formula is C14H21BrN2O2. The first kappa shape index (κ1) is 16.0. The number of halogens is 1. The number of aliphatic hydroxyl groups is 1. The van der Waals surface area contributed by atoms with E-state index in [0.29, 0.717) is 6.42 Å². The van der Waals surface area contributed by atoms with Gasteiger partial charge >= 0.3 is 6.03 Å². The molecule has 0 aromatic heterocycles. The molecule has 0 bridgehead atoms. The van der Waals surface area contributed by atoms with E-state index in [2.05, 4.69) is 26.6 Å². The van der Waals surface area contributed by atoms with Gasteiger partial charge in [-0.3, -0.25) is 0 Å². The van der Waals surface area contributed by atoms with E-state index in [1.807, 2.05) is 38.1 Å². The zero-order chi connectivity index (χ0) is 14.3. The van der Waals surface area contributed by atoms with Gasteiger partial charge in [-0.25, -0.2) is 4.79 Å². The van der Waals surface area contributed by atoms with E-state index >= 15 is 0 Å². The summed E-state index contributed by atoms with van der Waals surface area (Å²) in [5, 5.41) is 14.5. The molecule has 2 unspecified atom stereocenters. The van der Waals surface area contributed by atoms with Gasteiger partial charge in [-0.2, -0.15) is 0 Å². The molecular weight excluding hydrogens is 308 g/mol. The Morgan fingerprint density at radius 2 is 2.00 bits per heavy atom. The van der Waals surface area contributed by atoms with Crippen LogP contribution in [0.15, 0.2) is 28.7 Å². The second-order valence-electron chi connectivity index (χ2n) is 4.63. The van der Waals surface area contributed by atoms with Crippen LogP contribution in [0.4, 0.5) is 4.79 Å². The summed E-state index contributed by atoms with van der Waals surface area (Å²) in [5.74, 6) is 0. The maximum Gasteiger partial charge on any atom is 0.315 e. The van der Waals surface area contributed by atoms with Gasteiger partial charge in [-0.1, -0.05) is 34.1 Å². The molecule has 3 N–H and O–H groups in total. The number of carbonyl (C=O) groups excluding carboxylic acids is 1. The van der Waals surface area contributed by atoms with E-state index in [1.165, 1.54) is 0 Å². The number of carbonyl (C=O) groups is 1. The number of urea groups is 1. The van der Waals surface area contributed by atoms with Crippen LogP contribution >= 0.6 is 15.9 Å². The van der Waals surface area contributed by atoms with E-state index in [0.717, 1.165) is 16.5 Å². The standard InChI is InChI=1S/C14H21BrN2O2/c1-10(6-5-9-18)16-14(19)17-11(2)12-7-3-4-8-13(12)15/h3-4,7-8,10-11,18H,5-6,9H2,1-2H3,(H2,16,17,19). The number of aliphatic hydroxyl groups excluding tert-OH is 1. The highest BCUT2D eigenvalue weighted by atomic mass is 79.9. The Labute approximate surface area is 122 Å². The minimum atomic E-state index is -0.186. The van der Waals surface area contributed by atoms with Crippen molar-refractivity contribution in [1.82, 2.24) is 10.6 Å². The molecule has 0 aliphatic heterocycles. The number of rotatable bonds is 6. The lowest BCUT2D eigenvalue weighted by Crippen LogP contribution is -2.41. The molecule has 0 saturated heterocycles. The molecule has 0 aliphatic carbocycles. The summed E-state index contributed by atoms with van der Waals surface area (Å²) in [6.07, 6.45) is 1.47. The largest absolute Gasteiger partial charge is 0.396 e. The number of hydrogen-bond donors (Lipinski definition) is 3. The number of hydrogen-bond acceptors (Lipinski definition) is 2. The van der Waals surface area contributed by atoms with Gasteiger partial charge in [0.05, 0.1) is 6.04 Å². The molecule has 0 fully saturated rings. The molecule has 4 nitrogen and oxygen atoms in total. The van der Waals surface area contributed by atoms with Crippen molar-refractivity contribution in [3.8, 4) is 0 Å². The molecule has 0 aliphatic rings. The van der Waals surface area contributed by atoms with Crippen LogP contribution in [0.1, 0.15) is 38.3 Å². The molecule has 0 radical (unpaired) electrons. The van der Waals surface area contributed by atoms with Crippen molar-refractivity contribution >= 4 is 22.0 Å². The lowest BCUT2D eigenvalue weighted by atomic mass is 10.1. The average Bonchev–Trinajstić information content (AvgIpc) is 2.36. The third kappa shape index (κ3) is 5.61. The van der Waals surface area contributed by atoms with E-state index < -0.39 is 0 Å². The Kier molecular flexibility index (Phi) is 6.87. The number of amides is 2. The van der Waals surface area contributed by atoms with Crippen molar-refractivity contribution in [2.24, 2.45) is 0 Å². The second kappa shape index (κ2) is 8.17. The highest BCUT2D eigenvalue weighted by molar-refractivity contribution is 9.10. The molecule has 1 aromatic carbocycles. The van der Waals surface area contributed by atoms with Crippen molar-refractivity contribution < 1.29 is 9.90 Å². The Morgan fingerprint density at radius 3 is 2.63 bits per heavy atom. The van der Waals surface area contributed by atoms with Gasteiger partial charge in [-0.05, 0) is 38.3 Å². The Hall–Kier alpha value is -1.07. The predicted molar refractivity (Wildman–Crippen MR) is 80.0 cm³/mol. The van der Waals surface area contributed by atoms with Crippen LogP contribution in [0.25, 0.3) is 0 Å². The molecule has 0 spiro atoms. The lowest BCUT2D eigenvalue weighted by Gasteiger charge is -2.19. The van der Waals surface area contributed by atoms with Crippen molar-refractivity contribution in [3.05, 3.63) is 34.3 Å². The zero-order valence-corrected chi connectivity index (χ0v) is 12.9. The van der Waals surface area contributed by atoms with E-state index in [4.69, 9.17) is 5.11 Å². The first-order chi connectivity index (χ1) is 9.04. The molecule has 106 valence electrons. The normalized spacial score (nSPS) is 13.7. The van der Waals surface area contributed by atoms with Crippen LogP contribution in [0, 0.1) is 0 Å². The molecule has 2 atom stereocenters. The van der Waals surface area contributed by atoms with Gasteiger partial charge in [0.2, 0.25) is 0 Å². The highest BCUT2D eigenvalue weighted by Crippen LogP contribution is 2.22. The summed E-state index contributed by atoms with van der Waals surface area (Å²) in [6, 6.07) is 7.62. The molecule has 5 heteroatoms. The second-order valence-corrected chi connectivity index (χ2v) is 5.48. The van der Waals surface area contributed by atoms with Crippen LogP contribution in [-0.4, -0.2) is 23.8 Å². The summed E-state index contributed by atoms with van der Waals surface area (Å²) in [7, 11) is 0. The summed E-state index contributed by atoms with van der Waals surface area (Å²) in [4.78, 5) is 11.8. The predicted octanol–water partition coefficient (Wildman–Crippen LogP) is 2.97. The van der Waals surface area contributed by atoms with E-state index in [-0.39, 0.29) is 24.7 Å². The quantitative estimate of drug-likeness (QED) is 0.751. The van der Waals surface area contributed by atoms with Crippen LogP contribution in [0.5, 0.6) is 0 Å². The van der Waals surface area contributed by atoms with Gasteiger partial charge in [-0.15, -0.1) is 0 Å². The van der Waals surface area contributed by atoms with Gasteiger partial charge in [0.15, 0.2) is 0 Å². The summed E-state index contributed by atoms with van der Waals surface area (Å²) >= 11 is 3.47. The first-order valence-electron chi connectivity index (χ1n) is 6.47. The van der Waals surface area contributed by atoms with Crippen molar-refractivity contribution in [3.63, 3.8) is 0 Å². The van der Waals surface area contributed by atoms with E-state index in [1.54, 1.807) is 0 Å². The minimum absolute atomic E-state index is 0.0542. The maximum atomic E-state index is 11.8. The van der Waals surface area contributed by atoms with Crippen molar-refractivity contribution in [1.29, 1.82) is 0 Å². The fraction of sp³-hybridized carbons (Fsp3) is 0.500. The topological polar surface area (TPSA) is 61.4 Å². The van der Waals surface area contributed by atoms with Crippen molar-refractivity contribution in [2.45, 2.75) is 38.8 Å². The Bertz CT molecular complexity index is 412. The summed E-state index contributed by atoms with van der Waals surface area (Å²) in [5.41, 5.74) is 1.04. The van der Waals surface area contributed by atoms with Gasteiger partial charge in [0.25, 0.3) is 0 Å². The molecule has 1 rings (SSSR count). The fourth-order valence-corrected chi connectivity index (χ4v) is 2.46. The summed E-state index contributed by atoms with van der Waals surface area (Å²) < 4.78 is 0.983. The monoisotopic (exact) mass is 328 g/mol. The van der Waals surface area contributed by atoms with Crippen molar-refractivity contribution in [2.75, 3.05) is 6.61 Å². The first-order valence-corrected chi connectivity index (χ1v) is 7.26. The van der Waals surface area contributed by atoms with Crippen LogP contribution < -0.4 is 10.6 Å². The third-order valence-corrected chi connectivity index (χ3v) is 3.61. The molecule has 0 saturated carbocycles. The Morgan fingerprint density at radius 1 is 1.32 bits per heavy atom. The average molecular weight is 329 g/mol. The highest BCUT2D eigenvalue weighted by Gasteiger charge is 2.13. The molecule has 0 heterocycles. The lowest BCUT2D eigenvalue weighted by molar-refractivity contribution is 0.231. The number of benzene rings is 1. The van der Waals surface area contributed by atoms with Gasteiger partial charge < -0.3 is 15.7 Å². The fourth-order valence-electron chi connectivity index (χ4n) is 1.84. The third-order valence-electron chi connectivity index (χ3n) is 2.89. The number of nitrogens with one attached hydrogen (secondary N) is 2. The van der Waals surface area contributed by atoms with Crippen LogP contribution in [0.2, 0.25) is 0 Å². The maximum absolute atomic E-state index is 11.8. The smallest absolute Gasteiger partial charge is 0.315 e. The molecule has 19 heavy (non-hydrogen) atoms. The van der Waals surface area contributed by atoms with Gasteiger partial charge in [0.1, 0.15) is 0 Å². The minimum Gasteiger partial charge on any atom is -0.396 e. The zero-order valence-electron chi connectivity index (χ0n) is 11.3. The van der Waals surface area contributed by atoms with E-state index in [9.17, 15) is 4.79 Å².